The molecular formula is C28H35N3O4. The first-order valence-electron chi connectivity index (χ1n) is 12.5. The second kappa shape index (κ2) is 11.5. The molecule has 0 radical (unpaired) electrons. The van der Waals surface area contributed by atoms with Crippen LogP contribution in [0.5, 0.6) is 0 Å². The van der Waals surface area contributed by atoms with Gasteiger partial charge in [-0.3, -0.25) is 9.80 Å². The number of carbonyl (C=O) groups is 2. The maximum atomic E-state index is 13.3. The quantitative estimate of drug-likeness (QED) is 0.539. The Kier molecular flexibility index (Phi) is 8.18. The van der Waals surface area contributed by atoms with E-state index >= 15 is 0 Å². The van der Waals surface area contributed by atoms with Gasteiger partial charge in [0.15, 0.2) is 0 Å². The number of anilines is 1. The Bertz CT molecular complexity index is 1070. The third-order valence-corrected chi connectivity index (χ3v) is 6.79. The van der Waals surface area contributed by atoms with Gasteiger partial charge >= 0.3 is 5.97 Å². The van der Waals surface area contributed by atoms with E-state index in [0.29, 0.717) is 25.3 Å². The minimum Gasteiger partial charge on any atom is -0.464 e. The van der Waals surface area contributed by atoms with Crippen molar-refractivity contribution >= 4 is 23.3 Å². The summed E-state index contributed by atoms with van der Waals surface area (Å²) in [5.74, 6) is -0.305. The summed E-state index contributed by atoms with van der Waals surface area (Å²) in [6.45, 7) is 6.65. The molecule has 1 saturated carbocycles. The molecule has 3 unspecified atom stereocenters. The van der Waals surface area contributed by atoms with Crippen LogP contribution in [0.2, 0.25) is 0 Å². The van der Waals surface area contributed by atoms with E-state index in [4.69, 9.17) is 14.6 Å². The van der Waals surface area contributed by atoms with Crippen LogP contribution in [-0.2, 0) is 19.1 Å². The van der Waals surface area contributed by atoms with E-state index in [1.807, 2.05) is 23.2 Å². The highest BCUT2D eigenvalue weighted by Gasteiger charge is 2.35. The maximum Gasteiger partial charge on any atom is 0.332 e. The van der Waals surface area contributed by atoms with Gasteiger partial charge in [0.1, 0.15) is 12.3 Å². The van der Waals surface area contributed by atoms with Crippen molar-refractivity contribution in [3.05, 3.63) is 65.2 Å². The van der Waals surface area contributed by atoms with Crippen molar-refractivity contribution < 1.29 is 19.1 Å². The van der Waals surface area contributed by atoms with Gasteiger partial charge < -0.3 is 14.8 Å². The van der Waals surface area contributed by atoms with Crippen molar-refractivity contribution in [3.63, 3.8) is 0 Å². The van der Waals surface area contributed by atoms with Crippen molar-refractivity contribution in [2.75, 3.05) is 24.8 Å². The van der Waals surface area contributed by atoms with E-state index in [9.17, 15) is 9.59 Å². The lowest BCUT2D eigenvalue weighted by Crippen LogP contribution is -2.42. The van der Waals surface area contributed by atoms with Crippen LogP contribution in [-0.4, -0.2) is 43.5 Å². The highest BCUT2D eigenvalue weighted by atomic mass is 16.6. The molecule has 2 aromatic rings. The number of benzene rings is 2. The minimum absolute atomic E-state index is 0.0118. The molecule has 3 atom stereocenters. The van der Waals surface area contributed by atoms with E-state index in [2.05, 4.69) is 49.5 Å². The summed E-state index contributed by atoms with van der Waals surface area (Å²) in [6, 6.07) is 16.5. The fourth-order valence-corrected chi connectivity index (χ4v) is 5.04. The monoisotopic (exact) mass is 477 g/mol. The van der Waals surface area contributed by atoms with Gasteiger partial charge in [0.05, 0.1) is 24.9 Å². The molecule has 0 bridgehead atoms. The van der Waals surface area contributed by atoms with E-state index < -0.39 is 0 Å². The Morgan fingerprint density at radius 3 is 2.66 bits per heavy atom. The zero-order chi connectivity index (χ0) is 24.8. The molecule has 1 fully saturated rings. The summed E-state index contributed by atoms with van der Waals surface area (Å²) in [4.78, 5) is 24.9. The Labute approximate surface area is 207 Å². The number of esters is 1. The fraction of sp³-hybridized carbons (Fsp3) is 0.464. The predicted octanol–water partition coefficient (Wildman–Crippen LogP) is 4.48. The molecule has 4 rings (SSSR count). The Hall–Kier alpha value is -3.19. The molecule has 1 N–H and O–H groups in total. The average Bonchev–Trinajstić information content (AvgIpc) is 3.47. The van der Waals surface area contributed by atoms with Gasteiger partial charge in [-0.1, -0.05) is 54.4 Å². The third-order valence-electron chi connectivity index (χ3n) is 6.79. The number of nitrogens with zero attached hydrogens (tertiary/aromatic N) is 2. The molecule has 186 valence electrons. The molecule has 1 amide bonds. The van der Waals surface area contributed by atoms with Gasteiger partial charge in [-0.25, -0.2) is 4.79 Å². The molecule has 0 saturated heterocycles. The van der Waals surface area contributed by atoms with Gasteiger partial charge in [-0.15, -0.1) is 0 Å². The number of ether oxygens (including phenoxy) is 2. The zero-order valence-corrected chi connectivity index (χ0v) is 20.8. The van der Waals surface area contributed by atoms with Crippen LogP contribution in [0.25, 0.3) is 0 Å². The van der Waals surface area contributed by atoms with Gasteiger partial charge in [-0.2, -0.15) is 5.10 Å². The van der Waals surface area contributed by atoms with Crippen molar-refractivity contribution in [2.45, 2.75) is 58.5 Å². The van der Waals surface area contributed by atoms with Crippen LogP contribution in [0.4, 0.5) is 5.69 Å². The van der Waals surface area contributed by atoms with Crippen LogP contribution in [0, 0.1) is 19.8 Å². The number of carbonyl (C=O) groups excluding carboxylic acids is 2. The molecular weight excluding hydrogens is 442 g/mol. The first-order valence-corrected chi connectivity index (χ1v) is 12.5. The van der Waals surface area contributed by atoms with Crippen LogP contribution >= 0.6 is 0 Å². The normalized spacial score (nSPS) is 21.6. The topological polar surface area (TPSA) is 80.2 Å². The number of aryl methyl sites for hydroxylation is 2. The Balaban J connectivity index is 1.46. The first kappa shape index (κ1) is 24.9. The smallest absolute Gasteiger partial charge is 0.332 e. The van der Waals surface area contributed by atoms with Gasteiger partial charge in [0.2, 0.25) is 0 Å². The Morgan fingerprint density at radius 1 is 1.11 bits per heavy atom. The number of amides is 1. The van der Waals surface area contributed by atoms with Crippen molar-refractivity contribution in [1.29, 1.82) is 0 Å². The van der Waals surface area contributed by atoms with Gasteiger partial charge in [-0.05, 0) is 50.8 Å². The van der Waals surface area contributed by atoms with Crippen molar-refractivity contribution in [3.8, 4) is 0 Å². The van der Waals surface area contributed by atoms with Gasteiger partial charge in [0, 0.05) is 18.4 Å². The third kappa shape index (κ3) is 6.09. The largest absolute Gasteiger partial charge is 0.464 e. The van der Waals surface area contributed by atoms with Crippen molar-refractivity contribution in [1.82, 2.24) is 5.32 Å². The second-order valence-electron chi connectivity index (χ2n) is 9.40. The molecule has 1 aliphatic heterocycles. The zero-order valence-electron chi connectivity index (χ0n) is 20.8. The lowest BCUT2D eigenvalue weighted by Gasteiger charge is -2.25. The number of hydrogen-bond acceptors (Lipinski definition) is 6. The predicted molar refractivity (Wildman–Crippen MR) is 136 cm³/mol. The van der Waals surface area contributed by atoms with Crippen molar-refractivity contribution in [2.24, 2.45) is 11.0 Å². The summed E-state index contributed by atoms with van der Waals surface area (Å²) in [5, 5.41) is 10.0. The molecule has 35 heavy (non-hydrogen) atoms. The highest BCUT2D eigenvalue weighted by molar-refractivity contribution is 6.39. The standard InChI is InChI=1S/C28H35N3O4/c1-4-35-27(32)18-34-17-22-11-8-12-23(22)29-28(33)24-16-26(21-9-6-5-7-10-21)31(30-24)25-14-13-19(2)15-20(25)3/h5-7,9-10,13-15,22-23,26H,4,8,11-12,16-18H2,1-3H3,(H,29,33). The average molecular weight is 478 g/mol. The molecule has 1 aliphatic carbocycles. The molecule has 0 aromatic heterocycles. The van der Waals surface area contributed by atoms with E-state index in [0.717, 1.165) is 36.1 Å². The number of hydrazone groups is 1. The van der Waals surface area contributed by atoms with Crippen LogP contribution in [0.3, 0.4) is 0 Å². The summed E-state index contributed by atoms with van der Waals surface area (Å²) in [7, 11) is 0. The summed E-state index contributed by atoms with van der Waals surface area (Å²) in [5.41, 5.74) is 5.01. The lowest BCUT2D eigenvalue weighted by atomic mass is 9.99. The summed E-state index contributed by atoms with van der Waals surface area (Å²) < 4.78 is 10.5. The van der Waals surface area contributed by atoms with E-state index in [1.165, 1.54) is 5.56 Å². The van der Waals surface area contributed by atoms with Gasteiger partial charge in [0.25, 0.3) is 5.91 Å². The fourth-order valence-electron chi connectivity index (χ4n) is 5.04. The van der Waals surface area contributed by atoms with Crippen LogP contribution in [0.15, 0.2) is 53.6 Å². The SMILES string of the molecule is CCOC(=O)COCC1CCCC1NC(=O)C1=NN(c2ccc(C)cc2C)C(c2ccccc2)C1. The number of rotatable bonds is 9. The number of nitrogens with one attached hydrogen (secondary N) is 1. The molecule has 2 aromatic carbocycles. The molecule has 2 aliphatic rings. The molecule has 7 nitrogen and oxygen atoms in total. The number of hydrogen-bond donors (Lipinski definition) is 1. The maximum absolute atomic E-state index is 13.3. The lowest BCUT2D eigenvalue weighted by molar-refractivity contribution is -0.149. The summed E-state index contributed by atoms with van der Waals surface area (Å²) in [6.07, 6.45) is 3.42. The van der Waals surface area contributed by atoms with Crippen LogP contribution < -0.4 is 10.3 Å². The van der Waals surface area contributed by atoms with Crippen LogP contribution in [0.1, 0.15) is 55.3 Å². The summed E-state index contributed by atoms with van der Waals surface area (Å²) >= 11 is 0. The molecule has 7 heteroatoms. The van der Waals surface area contributed by atoms with E-state index in [-0.39, 0.29) is 36.5 Å². The Morgan fingerprint density at radius 2 is 1.91 bits per heavy atom. The molecule has 0 spiro atoms. The second-order valence-corrected chi connectivity index (χ2v) is 9.40. The minimum atomic E-state index is -0.357. The highest BCUT2D eigenvalue weighted by Crippen LogP contribution is 2.37. The first-order chi connectivity index (χ1) is 17.0. The molecule has 1 heterocycles. The van der Waals surface area contributed by atoms with E-state index in [1.54, 1.807) is 6.92 Å².